The van der Waals surface area contributed by atoms with Crippen LogP contribution in [0.2, 0.25) is 0 Å². The molecule has 1 amide bonds. The minimum Gasteiger partial charge on any atom is -0.497 e. The lowest BCUT2D eigenvalue weighted by molar-refractivity contribution is -0.122. The minimum atomic E-state index is -0.968. The summed E-state index contributed by atoms with van der Waals surface area (Å²) in [5, 5.41) is 9.71. The van der Waals surface area contributed by atoms with Crippen molar-refractivity contribution in [1.82, 2.24) is 4.90 Å². The number of ether oxygens (including phenoxy) is 2. The first-order valence-corrected chi connectivity index (χ1v) is 12.6. The summed E-state index contributed by atoms with van der Waals surface area (Å²) in [5.41, 5.74) is 2.58. The van der Waals surface area contributed by atoms with Crippen molar-refractivity contribution in [3.8, 4) is 11.5 Å². The van der Waals surface area contributed by atoms with Crippen LogP contribution in [0.1, 0.15) is 35.3 Å². The zero-order chi connectivity index (χ0) is 26.4. The van der Waals surface area contributed by atoms with Crippen LogP contribution in [0.25, 0.3) is 6.08 Å². The van der Waals surface area contributed by atoms with Crippen LogP contribution in [0.4, 0.5) is 5.69 Å². The fourth-order valence-corrected chi connectivity index (χ4v) is 4.66. The summed E-state index contributed by atoms with van der Waals surface area (Å²) in [4.78, 5) is 31.5. The summed E-state index contributed by atoms with van der Waals surface area (Å²) in [6.45, 7) is 4.96. The number of carbonyl (C=O) groups excluding carboxylic acids is 1. The summed E-state index contributed by atoms with van der Waals surface area (Å²) in [6.07, 6.45) is 1.83. The molecule has 7 nitrogen and oxygen atoms in total. The number of amides is 1. The van der Waals surface area contributed by atoms with Gasteiger partial charge in [0.1, 0.15) is 18.1 Å². The second-order valence-electron chi connectivity index (χ2n) is 8.84. The molecule has 0 aliphatic carbocycles. The number of methoxy groups -OCH3 is 1. The minimum absolute atomic E-state index is 0.0926. The van der Waals surface area contributed by atoms with E-state index in [1.165, 1.54) is 11.8 Å². The second-order valence-corrected chi connectivity index (χ2v) is 9.85. The van der Waals surface area contributed by atoms with Crippen molar-refractivity contribution in [2.45, 2.75) is 20.5 Å². The quantitative estimate of drug-likeness (QED) is 0.339. The average molecular weight is 517 g/mol. The fourth-order valence-electron chi connectivity index (χ4n) is 3.66. The highest BCUT2D eigenvalue weighted by molar-refractivity contribution is 8.18. The van der Waals surface area contributed by atoms with Gasteiger partial charge in [0.25, 0.3) is 5.91 Å². The number of aliphatic imine (C=N–C) groups is 1. The van der Waals surface area contributed by atoms with Crippen molar-refractivity contribution >= 4 is 40.6 Å². The lowest BCUT2D eigenvalue weighted by Crippen LogP contribution is -2.32. The van der Waals surface area contributed by atoms with E-state index in [2.05, 4.69) is 13.8 Å². The van der Waals surface area contributed by atoms with Crippen molar-refractivity contribution in [2.75, 3.05) is 13.7 Å². The molecule has 1 saturated heterocycles. The van der Waals surface area contributed by atoms with Crippen LogP contribution in [0.3, 0.4) is 0 Å². The number of rotatable bonds is 9. The van der Waals surface area contributed by atoms with Crippen LogP contribution in [0.15, 0.2) is 82.7 Å². The summed E-state index contributed by atoms with van der Waals surface area (Å²) < 4.78 is 11.3. The average Bonchev–Trinajstić information content (AvgIpc) is 3.17. The molecule has 0 aromatic heterocycles. The molecule has 0 bridgehead atoms. The molecule has 1 aliphatic heterocycles. The molecule has 0 saturated carbocycles. The molecular formula is C29H28N2O5S. The lowest BCUT2D eigenvalue weighted by atomic mass is 10.1. The van der Waals surface area contributed by atoms with Crippen LogP contribution in [-0.2, 0) is 11.4 Å². The first-order chi connectivity index (χ1) is 17.8. The van der Waals surface area contributed by atoms with E-state index >= 15 is 0 Å². The van der Waals surface area contributed by atoms with Crippen molar-refractivity contribution < 1.29 is 24.2 Å². The number of carboxylic acid groups (broad SMARTS) is 1. The molecule has 37 heavy (non-hydrogen) atoms. The summed E-state index contributed by atoms with van der Waals surface area (Å²) in [5.74, 6) is 0.581. The third-order valence-corrected chi connectivity index (χ3v) is 6.54. The number of thioether (sulfide) groups is 1. The van der Waals surface area contributed by atoms with Crippen molar-refractivity contribution in [3.63, 3.8) is 0 Å². The molecule has 1 N–H and O–H groups in total. The number of hydrogen-bond acceptors (Lipinski definition) is 6. The molecule has 0 spiro atoms. The summed E-state index contributed by atoms with van der Waals surface area (Å²) in [6, 6.07) is 21.5. The van der Waals surface area contributed by atoms with Crippen LogP contribution >= 0.6 is 11.8 Å². The van der Waals surface area contributed by atoms with Gasteiger partial charge in [-0.2, -0.15) is 0 Å². The van der Waals surface area contributed by atoms with Gasteiger partial charge < -0.3 is 14.6 Å². The summed E-state index contributed by atoms with van der Waals surface area (Å²) >= 11 is 1.34. The Labute approximate surface area is 220 Å². The fraction of sp³-hybridized carbons (Fsp3) is 0.207. The van der Waals surface area contributed by atoms with Gasteiger partial charge in [-0.05, 0) is 71.8 Å². The van der Waals surface area contributed by atoms with Crippen LogP contribution in [-0.4, -0.2) is 40.7 Å². The predicted octanol–water partition coefficient (Wildman–Crippen LogP) is 6.23. The van der Waals surface area contributed by atoms with Gasteiger partial charge in [0.15, 0.2) is 5.17 Å². The second kappa shape index (κ2) is 11.8. The SMILES string of the molecule is COc1ccc(N=C2S/C(=C\c3ccccc3OCc3ccc(C(=O)O)cc3)C(=O)N2CC(C)C)cc1. The Balaban J connectivity index is 1.57. The van der Waals surface area contributed by atoms with E-state index in [9.17, 15) is 9.59 Å². The Morgan fingerprint density at radius 3 is 2.41 bits per heavy atom. The first-order valence-electron chi connectivity index (χ1n) is 11.8. The molecule has 1 fully saturated rings. The van der Waals surface area contributed by atoms with Crippen LogP contribution < -0.4 is 9.47 Å². The lowest BCUT2D eigenvalue weighted by Gasteiger charge is -2.17. The third-order valence-electron chi connectivity index (χ3n) is 5.53. The standard InChI is InChI=1S/C29H28N2O5S/c1-19(2)17-31-27(32)26(37-29(31)30-23-12-14-24(35-3)15-13-23)16-22-6-4-5-7-25(22)36-18-20-8-10-21(11-9-20)28(33)34/h4-16,19H,17-18H2,1-3H3,(H,33,34)/b26-16-,30-29?. The van der Waals surface area contributed by atoms with Gasteiger partial charge in [-0.15, -0.1) is 0 Å². The van der Waals surface area contributed by atoms with Gasteiger partial charge in [0.2, 0.25) is 0 Å². The number of aromatic carboxylic acids is 1. The van der Waals surface area contributed by atoms with Gasteiger partial charge in [0.05, 0.1) is 23.3 Å². The topological polar surface area (TPSA) is 88.4 Å². The Hall–Kier alpha value is -4.04. The number of amidine groups is 1. The van der Waals surface area contributed by atoms with E-state index in [4.69, 9.17) is 19.6 Å². The van der Waals surface area contributed by atoms with Gasteiger partial charge >= 0.3 is 5.97 Å². The zero-order valence-electron chi connectivity index (χ0n) is 20.9. The Morgan fingerprint density at radius 1 is 1.05 bits per heavy atom. The number of benzene rings is 3. The van der Waals surface area contributed by atoms with E-state index in [1.807, 2.05) is 54.6 Å². The maximum Gasteiger partial charge on any atom is 0.335 e. The molecule has 8 heteroatoms. The molecule has 3 aromatic rings. The number of hydrogen-bond donors (Lipinski definition) is 1. The van der Waals surface area contributed by atoms with Gasteiger partial charge in [-0.3, -0.25) is 9.69 Å². The molecule has 0 radical (unpaired) electrons. The zero-order valence-corrected chi connectivity index (χ0v) is 21.7. The molecule has 3 aromatic carbocycles. The molecule has 0 atom stereocenters. The number of para-hydroxylation sites is 1. The molecule has 1 heterocycles. The molecule has 0 unspecified atom stereocenters. The molecular weight excluding hydrogens is 488 g/mol. The summed E-state index contributed by atoms with van der Waals surface area (Å²) in [7, 11) is 1.62. The maximum absolute atomic E-state index is 13.4. The van der Waals surface area contributed by atoms with Crippen molar-refractivity contribution in [3.05, 3.63) is 94.4 Å². The Bertz CT molecular complexity index is 1330. The highest BCUT2D eigenvalue weighted by Gasteiger charge is 2.34. The monoisotopic (exact) mass is 516 g/mol. The van der Waals surface area contributed by atoms with E-state index < -0.39 is 5.97 Å². The van der Waals surface area contributed by atoms with Crippen LogP contribution in [0.5, 0.6) is 11.5 Å². The van der Waals surface area contributed by atoms with E-state index in [0.717, 1.165) is 22.6 Å². The van der Waals surface area contributed by atoms with E-state index in [-0.39, 0.29) is 24.0 Å². The van der Waals surface area contributed by atoms with Gasteiger partial charge in [0, 0.05) is 12.1 Å². The van der Waals surface area contributed by atoms with E-state index in [1.54, 1.807) is 36.3 Å². The van der Waals surface area contributed by atoms with Crippen molar-refractivity contribution in [2.24, 2.45) is 10.9 Å². The Morgan fingerprint density at radius 2 is 1.76 bits per heavy atom. The number of carboxylic acids is 1. The normalized spacial score (nSPS) is 15.6. The number of nitrogens with zero attached hydrogens (tertiary/aromatic N) is 2. The van der Waals surface area contributed by atoms with E-state index in [0.29, 0.717) is 22.4 Å². The Kier molecular flexibility index (Phi) is 8.30. The smallest absolute Gasteiger partial charge is 0.335 e. The molecule has 1 aliphatic rings. The highest BCUT2D eigenvalue weighted by Crippen LogP contribution is 2.36. The maximum atomic E-state index is 13.4. The third kappa shape index (κ3) is 6.59. The largest absolute Gasteiger partial charge is 0.497 e. The predicted molar refractivity (Wildman–Crippen MR) is 146 cm³/mol. The molecule has 190 valence electrons. The van der Waals surface area contributed by atoms with Crippen LogP contribution in [0, 0.1) is 5.92 Å². The van der Waals surface area contributed by atoms with Crippen molar-refractivity contribution in [1.29, 1.82) is 0 Å². The molecule has 4 rings (SSSR count). The van der Waals surface area contributed by atoms with Gasteiger partial charge in [-0.25, -0.2) is 9.79 Å². The first kappa shape index (κ1) is 26.0. The number of carbonyl (C=O) groups is 2. The highest BCUT2D eigenvalue weighted by atomic mass is 32.2. The van der Waals surface area contributed by atoms with Gasteiger partial charge in [-0.1, -0.05) is 44.2 Å².